The van der Waals surface area contributed by atoms with Crippen LogP contribution in [-0.4, -0.2) is 123 Å². The highest BCUT2D eigenvalue weighted by Crippen LogP contribution is 2.14. The molecule has 0 aromatic rings. The highest BCUT2D eigenvalue weighted by atomic mass is 16.5. The molecule has 0 fully saturated rings. The number of ether oxygens (including phenoxy) is 4. The maximum atomic E-state index is 12.9. The molecule has 5 N–H and O–H groups in total. The number of Topliss-reactive ketones (excluding diaryl/α,β-unsaturated/α-hetero) is 2. The molecule has 0 saturated heterocycles. The fourth-order valence-electron chi connectivity index (χ4n) is 5.54. The Bertz CT molecular complexity index is 1100. The van der Waals surface area contributed by atoms with Crippen molar-refractivity contribution in [3.63, 3.8) is 0 Å². The lowest BCUT2D eigenvalue weighted by Crippen LogP contribution is -2.49. The highest BCUT2D eigenvalue weighted by Gasteiger charge is 2.29. The summed E-state index contributed by atoms with van der Waals surface area (Å²) in [6.45, 7) is 16.3. The summed E-state index contributed by atoms with van der Waals surface area (Å²) in [4.78, 5) is 60.2. The third-order valence-corrected chi connectivity index (χ3v) is 9.18. The molecule has 14 heteroatoms. The van der Waals surface area contributed by atoms with Crippen LogP contribution in [0.25, 0.3) is 0 Å². The number of carboxylic acid groups (broad SMARTS) is 2. The fraction of sp³-hybridized carbons (Fsp3) is 0.829. The second kappa shape index (κ2) is 32.3. The minimum atomic E-state index is -1.16. The van der Waals surface area contributed by atoms with Crippen molar-refractivity contribution in [2.24, 2.45) is 0 Å². The Morgan fingerprint density at radius 3 is 1.44 bits per heavy atom. The number of carbonyl (C=O) groups excluding carboxylic acids is 3. The van der Waals surface area contributed by atoms with E-state index < -0.39 is 29.1 Å². The van der Waals surface area contributed by atoms with Crippen molar-refractivity contribution in [2.75, 3.05) is 65.9 Å². The monoisotopic (exact) mass is 786 g/mol. The van der Waals surface area contributed by atoms with Crippen molar-refractivity contribution in [1.82, 2.24) is 16.0 Å². The molecule has 0 bridgehead atoms. The summed E-state index contributed by atoms with van der Waals surface area (Å²) in [6, 6.07) is -1.13. The summed E-state index contributed by atoms with van der Waals surface area (Å²) in [7, 11) is 0. The van der Waals surface area contributed by atoms with Gasteiger partial charge in [-0.05, 0) is 53.9 Å². The van der Waals surface area contributed by atoms with E-state index in [4.69, 9.17) is 24.1 Å². The molecule has 0 aromatic heterocycles. The van der Waals surface area contributed by atoms with Crippen LogP contribution < -0.4 is 16.0 Å². The van der Waals surface area contributed by atoms with Crippen LogP contribution in [0.2, 0.25) is 0 Å². The molecule has 0 radical (unpaired) electrons. The van der Waals surface area contributed by atoms with Gasteiger partial charge in [0.15, 0.2) is 11.6 Å². The van der Waals surface area contributed by atoms with Gasteiger partial charge >= 0.3 is 11.9 Å². The summed E-state index contributed by atoms with van der Waals surface area (Å²) in [6.07, 6.45) is 12.9. The molecule has 14 nitrogen and oxygen atoms in total. The van der Waals surface area contributed by atoms with E-state index in [1.807, 2.05) is 6.92 Å². The SMILES string of the molecule is C=C(C)COCCOCCNC(C)(C)C(=O)COCCOCCNC(C)(C)C(=O)CCC(NC(=O)CCCCCCCCCCCCCCC(=O)O)C(=O)O. The van der Waals surface area contributed by atoms with E-state index in [2.05, 4.69) is 22.5 Å². The smallest absolute Gasteiger partial charge is 0.326 e. The van der Waals surface area contributed by atoms with Gasteiger partial charge < -0.3 is 45.1 Å². The van der Waals surface area contributed by atoms with Crippen LogP contribution >= 0.6 is 0 Å². The van der Waals surface area contributed by atoms with E-state index in [1.54, 1.807) is 27.7 Å². The van der Waals surface area contributed by atoms with Gasteiger partial charge in [-0.2, -0.15) is 0 Å². The Morgan fingerprint density at radius 1 is 0.564 bits per heavy atom. The molecule has 0 saturated carbocycles. The molecule has 55 heavy (non-hydrogen) atoms. The van der Waals surface area contributed by atoms with Crippen molar-refractivity contribution in [3.05, 3.63) is 12.2 Å². The van der Waals surface area contributed by atoms with Gasteiger partial charge in [0.25, 0.3) is 0 Å². The number of hydrogen-bond acceptors (Lipinski definition) is 11. The first-order chi connectivity index (χ1) is 26.1. The standard InChI is InChI=1S/C41H75N3O11/c1-33(2)31-54-29-27-52-26-24-43-41(5,6)36(46)32-55-30-28-53-25-23-42-40(3,4)35(45)22-21-34(39(50)51)44-37(47)19-17-15-13-11-9-7-8-10-12-14-16-18-20-38(48)49/h34,42-43H,1,7-32H2,2-6H3,(H,44,47)(H,48,49)(H,50,51). The Balaban J connectivity index is 4.02. The van der Waals surface area contributed by atoms with E-state index in [9.17, 15) is 29.1 Å². The highest BCUT2D eigenvalue weighted by molar-refractivity contribution is 5.89. The zero-order valence-electron chi connectivity index (χ0n) is 34.7. The molecule has 1 unspecified atom stereocenters. The second-order valence-electron chi connectivity index (χ2n) is 15.4. The summed E-state index contributed by atoms with van der Waals surface area (Å²) >= 11 is 0. The van der Waals surface area contributed by atoms with Crippen molar-refractivity contribution >= 4 is 29.4 Å². The van der Waals surface area contributed by atoms with Gasteiger partial charge in [0.2, 0.25) is 5.91 Å². The number of rotatable bonds is 40. The van der Waals surface area contributed by atoms with Crippen molar-refractivity contribution < 1.29 is 53.1 Å². The summed E-state index contributed by atoms with van der Waals surface area (Å²) in [5.41, 5.74) is -0.722. The molecule has 1 amide bonds. The van der Waals surface area contributed by atoms with E-state index in [0.29, 0.717) is 52.5 Å². The Morgan fingerprint density at radius 2 is 0.982 bits per heavy atom. The molecule has 0 heterocycles. The van der Waals surface area contributed by atoms with Crippen LogP contribution in [0, 0.1) is 0 Å². The third-order valence-electron chi connectivity index (χ3n) is 9.18. The van der Waals surface area contributed by atoms with Crippen molar-refractivity contribution in [2.45, 2.75) is 154 Å². The number of hydrogen-bond donors (Lipinski definition) is 5. The van der Waals surface area contributed by atoms with Crippen LogP contribution in [0.4, 0.5) is 0 Å². The number of carbonyl (C=O) groups is 5. The molecular formula is C41H75N3O11. The number of nitrogens with one attached hydrogen (secondary N) is 3. The first kappa shape index (κ1) is 52.2. The number of unbranched alkanes of at least 4 members (excludes halogenated alkanes) is 11. The van der Waals surface area contributed by atoms with E-state index in [0.717, 1.165) is 56.9 Å². The van der Waals surface area contributed by atoms with Crippen molar-refractivity contribution in [3.8, 4) is 0 Å². The van der Waals surface area contributed by atoms with Gasteiger partial charge in [-0.15, -0.1) is 0 Å². The second-order valence-corrected chi connectivity index (χ2v) is 15.4. The Hall–Kier alpha value is -2.75. The first-order valence-electron chi connectivity index (χ1n) is 20.3. The van der Waals surface area contributed by atoms with Crippen LogP contribution in [0.5, 0.6) is 0 Å². The van der Waals surface area contributed by atoms with E-state index >= 15 is 0 Å². The van der Waals surface area contributed by atoms with E-state index in [-0.39, 0.29) is 63.0 Å². The zero-order valence-corrected chi connectivity index (χ0v) is 34.7. The molecule has 0 aliphatic carbocycles. The molecule has 0 rings (SSSR count). The molecule has 320 valence electrons. The van der Waals surface area contributed by atoms with E-state index in [1.165, 1.54) is 19.3 Å². The maximum Gasteiger partial charge on any atom is 0.326 e. The normalized spacial score (nSPS) is 12.4. The first-order valence-corrected chi connectivity index (χ1v) is 20.3. The Kier molecular flexibility index (Phi) is 30.7. The van der Waals surface area contributed by atoms with Gasteiger partial charge in [0, 0.05) is 32.4 Å². The number of amides is 1. The largest absolute Gasteiger partial charge is 0.481 e. The zero-order chi connectivity index (χ0) is 41.4. The predicted octanol–water partition coefficient (Wildman–Crippen LogP) is 5.40. The van der Waals surface area contributed by atoms with Gasteiger partial charge in [-0.25, -0.2) is 4.79 Å². The van der Waals surface area contributed by atoms with Crippen LogP contribution in [0.3, 0.4) is 0 Å². The Labute approximate surface area is 330 Å². The van der Waals surface area contributed by atoms with Crippen LogP contribution in [0.1, 0.15) is 137 Å². The van der Waals surface area contributed by atoms with Gasteiger partial charge in [-0.1, -0.05) is 76.4 Å². The summed E-state index contributed by atoms with van der Waals surface area (Å²) in [5, 5.41) is 27.2. The van der Waals surface area contributed by atoms with Crippen LogP contribution in [-0.2, 0) is 42.9 Å². The maximum absolute atomic E-state index is 12.9. The third kappa shape index (κ3) is 31.1. The molecule has 1 atom stereocenters. The summed E-state index contributed by atoms with van der Waals surface area (Å²) in [5.74, 6) is -2.45. The average Bonchev–Trinajstić information content (AvgIpc) is 3.11. The molecule has 0 aromatic carbocycles. The molecule has 0 aliphatic rings. The number of ketones is 2. The average molecular weight is 786 g/mol. The number of aliphatic carboxylic acids is 2. The topological polar surface area (TPSA) is 199 Å². The quantitative estimate of drug-likeness (QED) is 0.0391. The fourth-order valence-corrected chi connectivity index (χ4v) is 5.54. The molecule has 0 spiro atoms. The summed E-state index contributed by atoms with van der Waals surface area (Å²) < 4.78 is 22.0. The molecular weight excluding hydrogens is 710 g/mol. The van der Waals surface area contributed by atoms with Gasteiger partial charge in [-0.3, -0.25) is 19.2 Å². The lowest BCUT2D eigenvalue weighted by Gasteiger charge is -2.26. The van der Waals surface area contributed by atoms with Gasteiger partial charge in [0.1, 0.15) is 12.6 Å². The predicted molar refractivity (Wildman–Crippen MR) is 213 cm³/mol. The molecule has 0 aliphatic heterocycles. The lowest BCUT2D eigenvalue weighted by molar-refractivity contribution is -0.142. The van der Waals surface area contributed by atoms with Crippen molar-refractivity contribution in [1.29, 1.82) is 0 Å². The minimum absolute atomic E-state index is 0.00558. The van der Waals surface area contributed by atoms with Gasteiger partial charge in [0.05, 0.1) is 57.3 Å². The number of carboxylic acids is 2. The lowest BCUT2D eigenvalue weighted by atomic mass is 9.94. The minimum Gasteiger partial charge on any atom is -0.481 e. The van der Waals surface area contributed by atoms with Crippen LogP contribution in [0.15, 0.2) is 12.2 Å².